The van der Waals surface area contributed by atoms with Gasteiger partial charge < -0.3 is 10.6 Å². The zero-order chi connectivity index (χ0) is 16.2. The summed E-state index contributed by atoms with van der Waals surface area (Å²) in [7, 11) is 1.96. The molecule has 2 N–H and O–H groups in total. The number of rotatable bonds is 7. The first kappa shape index (κ1) is 17.9. The van der Waals surface area contributed by atoms with Crippen LogP contribution in [0.4, 0.5) is 5.69 Å². The van der Waals surface area contributed by atoms with E-state index in [1.807, 2.05) is 38.9 Å². The number of hydrogen-bond acceptors (Lipinski definition) is 4. The molecule has 0 aromatic heterocycles. The Morgan fingerprint density at radius 1 is 1.05 bits per heavy atom. The molecule has 0 spiro atoms. The third-order valence-electron chi connectivity index (χ3n) is 3.62. The molecule has 0 aliphatic rings. The largest absolute Gasteiger partial charge is 0.398 e. The molecule has 0 atom stereocenters. The summed E-state index contributed by atoms with van der Waals surface area (Å²) in [5.41, 5.74) is 8.26. The summed E-state index contributed by atoms with van der Waals surface area (Å²) in [5.74, 6) is 0. The molecule has 0 saturated heterocycles. The lowest BCUT2D eigenvalue weighted by molar-refractivity contribution is 0.358. The molecule has 1 aromatic rings. The fourth-order valence-electron chi connectivity index (χ4n) is 2.17. The first-order valence-corrected chi connectivity index (χ1v) is 8.70. The fourth-order valence-corrected chi connectivity index (χ4v) is 3.70. The van der Waals surface area contributed by atoms with Crippen LogP contribution in [-0.2, 0) is 22.9 Å². The molecule has 21 heavy (non-hydrogen) atoms. The quantitative estimate of drug-likeness (QED) is 0.776. The number of hydrogen-bond donors (Lipinski definition) is 1. The number of likely N-dealkylation sites (N-methyl/N-ethyl adjacent to an activating group) is 2. The monoisotopic (exact) mass is 313 g/mol. The van der Waals surface area contributed by atoms with Crippen molar-refractivity contribution in [3.8, 4) is 0 Å². The van der Waals surface area contributed by atoms with E-state index in [0.29, 0.717) is 35.7 Å². The molecular formula is C15H27N3O2S. The Morgan fingerprint density at radius 3 is 2.14 bits per heavy atom. The van der Waals surface area contributed by atoms with Gasteiger partial charge in [-0.2, -0.15) is 4.31 Å². The van der Waals surface area contributed by atoms with Crippen molar-refractivity contribution in [2.75, 3.05) is 40.0 Å². The van der Waals surface area contributed by atoms with Crippen LogP contribution in [0.1, 0.15) is 25.0 Å². The van der Waals surface area contributed by atoms with Gasteiger partial charge in [0.25, 0.3) is 0 Å². The van der Waals surface area contributed by atoms with E-state index in [4.69, 9.17) is 5.73 Å². The van der Waals surface area contributed by atoms with Crippen molar-refractivity contribution in [2.45, 2.75) is 31.6 Å². The van der Waals surface area contributed by atoms with Crippen LogP contribution in [-0.4, -0.2) is 51.9 Å². The Kier molecular flexibility index (Phi) is 6.19. The zero-order valence-corrected chi connectivity index (χ0v) is 14.5. The molecule has 0 radical (unpaired) electrons. The van der Waals surface area contributed by atoms with Crippen LogP contribution in [0.25, 0.3) is 0 Å². The van der Waals surface area contributed by atoms with E-state index in [1.54, 1.807) is 13.1 Å². The molecule has 0 heterocycles. The lowest BCUT2D eigenvalue weighted by atomic mass is 10.1. The van der Waals surface area contributed by atoms with Crippen molar-refractivity contribution in [1.82, 2.24) is 9.21 Å². The van der Waals surface area contributed by atoms with Crippen LogP contribution in [0, 0.1) is 0 Å². The molecule has 0 bridgehead atoms. The summed E-state index contributed by atoms with van der Waals surface area (Å²) in [4.78, 5) is 2.31. The van der Waals surface area contributed by atoms with Crippen LogP contribution in [0.3, 0.4) is 0 Å². The summed E-state index contributed by atoms with van der Waals surface area (Å²) in [6.45, 7) is 5.05. The lowest BCUT2D eigenvalue weighted by Crippen LogP contribution is -2.34. The Hall–Kier alpha value is -1.11. The Labute approximate surface area is 128 Å². The number of benzene rings is 1. The second-order valence-corrected chi connectivity index (χ2v) is 7.51. The molecule has 120 valence electrons. The average molecular weight is 313 g/mol. The number of aryl methyl sites for hydroxylation is 1. The van der Waals surface area contributed by atoms with Gasteiger partial charge in [-0.1, -0.05) is 13.8 Å². The van der Waals surface area contributed by atoms with Crippen molar-refractivity contribution < 1.29 is 8.42 Å². The molecule has 6 heteroatoms. The van der Waals surface area contributed by atoms with Gasteiger partial charge in [0.15, 0.2) is 0 Å². The third kappa shape index (κ3) is 4.18. The average Bonchev–Trinajstić information content (AvgIpc) is 2.43. The lowest BCUT2D eigenvalue weighted by Gasteiger charge is -2.22. The Bertz CT molecular complexity index is 583. The summed E-state index contributed by atoms with van der Waals surface area (Å²) in [5, 5.41) is 0. The molecule has 0 saturated carbocycles. The highest BCUT2D eigenvalue weighted by Gasteiger charge is 2.25. The maximum atomic E-state index is 12.8. The van der Waals surface area contributed by atoms with Gasteiger partial charge in [-0.15, -0.1) is 0 Å². The van der Waals surface area contributed by atoms with Crippen molar-refractivity contribution >= 4 is 15.7 Å². The maximum Gasteiger partial charge on any atom is 0.243 e. The fraction of sp³-hybridized carbons (Fsp3) is 0.600. The Balaban J connectivity index is 3.26. The minimum Gasteiger partial charge on any atom is -0.398 e. The van der Waals surface area contributed by atoms with Crippen LogP contribution in [0.5, 0.6) is 0 Å². The van der Waals surface area contributed by atoms with E-state index in [1.165, 1.54) is 4.31 Å². The summed E-state index contributed by atoms with van der Waals surface area (Å²) in [6.07, 6.45) is 1.37. The topological polar surface area (TPSA) is 66.6 Å². The first-order valence-electron chi connectivity index (χ1n) is 7.26. The summed E-state index contributed by atoms with van der Waals surface area (Å²) < 4.78 is 27.0. The molecule has 1 rings (SSSR count). The highest BCUT2D eigenvalue weighted by molar-refractivity contribution is 7.89. The van der Waals surface area contributed by atoms with Gasteiger partial charge in [-0.05, 0) is 50.2 Å². The summed E-state index contributed by atoms with van der Waals surface area (Å²) >= 11 is 0. The van der Waals surface area contributed by atoms with Crippen molar-refractivity contribution in [2.24, 2.45) is 0 Å². The normalized spacial score (nSPS) is 12.3. The van der Waals surface area contributed by atoms with E-state index < -0.39 is 10.0 Å². The van der Waals surface area contributed by atoms with Crippen molar-refractivity contribution in [3.63, 3.8) is 0 Å². The number of sulfonamides is 1. The predicted octanol–water partition coefficient (Wildman–Crippen LogP) is 1.58. The van der Waals surface area contributed by atoms with E-state index in [0.717, 1.165) is 12.0 Å². The van der Waals surface area contributed by atoms with Crippen LogP contribution in [0.15, 0.2) is 17.0 Å². The molecule has 0 aliphatic heterocycles. The standard InChI is InChI=1S/C15H27N3O2S/c1-6-12-10-14(16)13(7-2)15(11-12)21(19,20)18(5)9-8-17(3)4/h10-11H,6-9,16H2,1-5H3. The predicted molar refractivity (Wildman–Crippen MR) is 88.0 cm³/mol. The number of nitrogen functional groups attached to an aromatic ring is 1. The maximum absolute atomic E-state index is 12.8. The Morgan fingerprint density at radius 2 is 1.67 bits per heavy atom. The van der Waals surface area contributed by atoms with Gasteiger partial charge >= 0.3 is 0 Å². The second kappa shape index (κ2) is 7.24. The minimum absolute atomic E-state index is 0.350. The molecule has 5 nitrogen and oxygen atoms in total. The number of anilines is 1. The number of nitrogens with two attached hydrogens (primary N) is 1. The van der Waals surface area contributed by atoms with Gasteiger partial charge in [0, 0.05) is 25.8 Å². The molecule has 0 amide bonds. The third-order valence-corrected chi connectivity index (χ3v) is 5.54. The number of nitrogens with zero attached hydrogens (tertiary/aromatic N) is 2. The van der Waals surface area contributed by atoms with Gasteiger partial charge in [0.05, 0.1) is 4.90 Å². The van der Waals surface area contributed by atoms with E-state index >= 15 is 0 Å². The van der Waals surface area contributed by atoms with Crippen molar-refractivity contribution in [1.29, 1.82) is 0 Å². The van der Waals surface area contributed by atoms with Crippen LogP contribution < -0.4 is 5.73 Å². The van der Waals surface area contributed by atoms with Crippen molar-refractivity contribution in [3.05, 3.63) is 23.3 Å². The van der Waals surface area contributed by atoms with Gasteiger partial charge in [-0.3, -0.25) is 0 Å². The molecule has 0 aliphatic carbocycles. The molecule has 0 unspecified atom stereocenters. The van der Waals surface area contributed by atoms with Gasteiger partial charge in [-0.25, -0.2) is 8.42 Å². The van der Waals surface area contributed by atoms with Crippen LogP contribution >= 0.6 is 0 Å². The molecule has 1 aromatic carbocycles. The van der Waals surface area contributed by atoms with Gasteiger partial charge in [0.2, 0.25) is 10.0 Å². The van der Waals surface area contributed by atoms with E-state index in [9.17, 15) is 8.42 Å². The smallest absolute Gasteiger partial charge is 0.243 e. The highest BCUT2D eigenvalue weighted by Crippen LogP contribution is 2.27. The highest BCUT2D eigenvalue weighted by atomic mass is 32.2. The van der Waals surface area contributed by atoms with Gasteiger partial charge in [0.1, 0.15) is 0 Å². The first-order chi connectivity index (χ1) is 9.73. The van der Waals surface area contributed by atoms with E-state index in [-0.39, 0.29) is 0 Å². The molecule has 0 fully saturated rings. The molecular weight excluding hydrogens is 286 g/mol. The zero-order valence-electron chi connectivity index (χ0n) is 13.7. The van der Waals surface area contributed by atoms with E-state index in [2.05, 4.69) is 0 Å². The second-order valence-electron chi connectivity index (χ2n) is 5.50. The SMILES string of the molecule is CCc1cc(N)c(CC)c(S(=O)(=O)N(C)CCN(C)C)c1. The summed E-state index contributed by atoms with van der Waals surface area (Å²) in [6, 6.07) is 3.63. The van der Waals surface area contributed by atoms with Crippen LogP contribution in [0.2, 0.25) is 0 Å². The minimum atomic E-state index is -3.51.